The van der Waals surface area contributed by atoms with E-state index in [4.69, 9.17) is 0 Å². The Kier molecular flexibility index (Phi) is 4.29. The van der Waals surface area contributed by atoms with E-state index in [0.29, 0.717) is 0 Å². The molecule has 0 bridgehead atoms. The largest absolute Gasteiger partial charge is 0.313 e. The Labute approximate surface area is 107 Å². The molecule has 3 heteroatoms. The van der Waals surface area contributed by atoms with Gasteiger partial charge in [0.15, 0.2) is 0 Å². The van der Waals surface area contributed by atoms with Crippen molar-refractivity contribution in [3.8, 4) is 0 Å². The molecule has 2 rings (SSSR count). The molecular formula is C14H18N2S. The SMILES string of the molecule is CCNCc1ccc(C)cc1Cc1nccs1. The maximum atomic E-state index is 4.36. The molecule has 2 aromatic rings. The molecule has 0 atom stereocenters. The summed E-state index contributed by atoms with van der Waals surface area (Å²) in [5.74, 6) is 0. The van der Waals surface area contributed by atoms with Crippen molar-refractivity contribution < 1.29 is 0 Å². The fraction of sp³-hybridized carbons (Fsp3) is 0.357. The highest BCUT2D eigenvalue weighted by atomic mass is 32.1. The molecule has 90 valence electrons. The third-order valence-electron chi connectivity index (χ3n) is 2.75. The number of aryl methyl sites for hydroxylation is 1. The van der Waals surface area contributed by atoms with Gasteiger partial charge >= 0.3 is 0 Å². The van der Waals surface area contributed by atoms with Crippen molar-refractivity contribution in [3.05, 3.63) is 51.5 Å². The summed E-state index contributed by atoms with van der Waals surface area (Å²) in [5.41, 5.74) is 4.09. The van der Waals surface area contributed by atoms with E-state index in [1.54, 1.807) is 11.3 Å². The average Bonchev–Trinajstić information content (AvgIpc) is 2.81. The molecule has 1 aromatic carbocycles. The van der Waals surface area contributed by atoms with Gasteiger partial charge in [-0.15, -0.1) is 11.3 Å². The van der Waals surface area contributed by atoms with Crippen molar-refractivity contribution in [2.24, 2.45) is 0 Å². The number of thiazole rings is 1. The lowest BCUT2D eigenvalue weighted by molar-refractivity contribution is 0.721. The molecular weight excluding hydrogens is 228 g/mol. The first-order chi connectivity index (χ1) is 8.29. The number of nitrogens with zero attached hydrogens (tertiary/aromatic N) is 1. The summed E-state index contributed by atoms with van der Waals surface area (Å²) in [5, 5.41) is 6.61. The third-order valence-corrected chi connectivity index (χ3v) is 3.53. The van der Waals surface area contributed by atoms with Gasteiger partial charge in [-0.3, -0.25) is 0 Å². The number of hydrogen-bond acceptors (Lipinski definition) is 3. The molecule has 0 saturated carbocycles. The quantitative estimate of drug-likeness (QED) is 0.876. The molecule has 1 N–H and O–H groups in total. The van der Waals surface area contributed by atoms with Gasteiger partial charge in [0.05, 0.1) is 5.01 Å². The summed E-state index contributed by atoms with van der Waals surface area (Å²) in [6.07, 6.45) is 2.82. The Hall–Kier alpha value is -1.19. The highest BCUT2D eigenvalue weighted by Crippen LogP contribution is 2.17. The number of hydrogen-bond donors (Lipinski definition) is 1. The summed E-state index contributed by atoms with van der Waals surface area (Å²) >= 11 is 1.72. The van der Waals surface area contributed by atoms with Crippen molar-refractivity contribution in [2.45, 2.75) is 26.8 Å². The van der Waals surface area contributed by atoms with Gasteiger partial charge in [-0.2, -0.15) is 0 Å². The van der Waals surface area contributed by atoms with Crippen LogP contribution in [0.4, 0.5) is 0 Å². The van der Waals surface area contributed by atoms with Crippen molar-refractivity contribution in [3.63, 3.8) is 0 Å². The Morgan fingerprint density at radius 1 is 1.29 bits per heavy atom. The van der Waals surface area contributed by atoms with Crippen LogP contribution in [0.5, 0.6) is 0 Å². The fourth-order valence-electron chi connectivity index (χ4n) is 1.85. The fourth-order valence-corrected chi connectivity index (χ4v) is 2.49. The van der Waals surface area contributed by atoms with Crippen molar-refractivity contribution in [2.75, 3.05) is 6.54 Å². The maximum Gasteiger partial charge on any atom is 0.0968 e. The van der Waals surface area contributed by atoms with Gasteiger partial charge in [-0.1, -0.05) is 30.7 Å². The molecule has 17 heavy (non-hydrogen) atoms. The van der Waals surface area contributed by atoms with E-state index in [-0.39, 0.29) is 0 Å². The van der Waals surface area contributed by atoms with E-state index in [0.717, 1.165) is 19.5 Å². The molecule has 0 unspecified atom stereocenters. The minimum Gasteiger partial charge on any atom is -0.313 e. The molecule has 0 spiro atoms. The predicted octanol–water partition coefficient (Wildman–Crippen LogP) is 3.15. The molecule has 1 aromatic heterocycles. The lowest BCUT2D eigenvalue weighted by atomic mass is 10.0. The molecule has 0 radical (unpaired) electrons. The summed E-state index contributed by atoms with van der Waals surface area (Å²) < 4.78 is 0. The summed E-state index contributed by atoms with van der Waals surface area (Å²) in [4.78, 5) is 4.36. The normalized spacial score (nSPS) is 10.7. The summed E-state index contributed by atoms with van der Waals surface area (Å²) in [7, 11) is 0. The standard InChI is InChI=1S/C14H18N2S/c1-3-15-10-12-5-4-11(2)8-13(12)9-14-16-6-7-17-14/h4-8,15H,3,9-10H2,1-2H3. The van der Waals surface area contributed by atoms with Crippen LogP contribution < -0.4 is 5.32 Å². The number of benzene rings is 1. The first-order valence-electron chi connectivity index (χ1n) is 5.97. The first kappa shape index (κ1) is 12.3. The minimum atomic E-state index is 0.942. The molecule has 0 amide bonds. The lowest BCUT2D eigenvalue weighted by Crippen LogP contribution is -2.13. The highest BCUT2D eigenvalue weighted by molar-refractivity contribution is 7.09. The molecule has 1 heterocycles. The number of aromatic nitrogens is 1. The van der Waals surface area contributed by atoms with Crippen LogP contribution in [0.1, 0.15) is 28.6 Å². The monoisotopic (exact) mass is 246 g/mol. The van der Waals surface area contributed by atoms with E-state index in [9.17, 15) is 0 Å². The topological polar surface area (TPSA) is 24.9 Å². The second kappa shape index (κ2) is 5.94. The van der Waals surface area contributed by atoms with Gasteiger partial charge < -0.3 is 5.32 Å². The Morgan fingerprint density at radius 2 is 2.18 bits per heavy atom. The third kappa shape index (κ3) is 3.38. The number of nitrogens with one attached hydrogen (secondary N) is 1. The summed E-state index contributed by atoms with van der Waals surface area (Å²) in [6, 6.07) is 6.67. The summed E-state index contributed by atoms with van der Waals surface area (Å²) in [6.45, 7) is 6.22. The van der Waals surface area contributed by atoms with Gasteiger partial charge in [-0.25, -0.2) is 4.98 Å². The van der Waals surface area contributed by atoms with E-state index in [1.165, 1.54) is 21.7 Å². The Bertz CT molecular complexity index is 463. The number of rotatable bonds is 5. The van der Waals surface area contributed by atoms with E-state index < -0.39 is 0 Å². The van der Waals surface area contributed by atoms with Crippen LogP contribution >= 0.6 is 11.3 Å². The van der Waals surface area contributed by atoms with Crippen LogP contribution in [0.2, 0.25) is 0 Å². The Balaban J connectivity index is 2.20. The molecule has 0 saturated heterocycles. The minimum absolute atomic E-state index is 0.942. The van der Waals surface area contributed by atoms with Crippen LogP contribution in [0.3, 0.4) is 0 Å². The van der Waals surface area contributed by atoms with Crippen molar-refractivity contribution >= 4 is 11.3 Å². The van der Waals surface area contributed by atoms with Gasteiger partial charge in [0, 0.05) is 24.5 Å². The average molecular weight is 246 g/mol. The van der Waals surface area contributed by atoms with Crippen LogP contribution in [0.15, 0.2) is 29.8 Å². The predicted molar refractivity (Wildman–Crippen MR) is 73.5 cm³/mol. The van der Waals surface area contributed by atoms with E-state index in [1.807, 2.05) is 11.6 Å². The zero-order chi connectivity index (χ0) is 12.1. The molecule has 2 nitrogen and oxygen atoms in total. The second-order valence-corrected chi connectivity index (χ2v) is 5.13. The Morgan fingerprint density at radius 3 is 2.88 bits per heavy atom. The van der Waals surface area contributed by atoms with E-state index >= 15 is 0 Å². The van der Waals surface area contributed by atoms with Crippen LogP contribution in [0.25, 0.3) is 0 Å². The van der Waals surface area contributed by atoms with Gasteiger partial charge in [0.1, 0.15) is 0 Å². The maximum absolute atomic E-state index is 4.36. The first-order valence-corrected chi connectivity index (χ1v) is 6.85. The van der Waals surface area contributed by atoms with Crippen LogP contribution in [0, 0.1) is 6.92 Å². The molecule has 0 aliphatic rings. The van der Waals surface area contributed by atoms with Gasteiger partial charge in [-0.05, 0) is 24.6 Å². The highest BCUT2D eigenvalue weighted by Gasteiger charge is 2.05. The van der Waals surface area contributed by atoms with Crippen LogP contribution in [-0.2, 0) is 13.0 Å². The van der Waals surface area contributed by atoms with Gasteiger partial charge in [0.2, 0.25) is 0 Å². The van der Waals surface area contributed by atoms with Gasteiger partial charge in [0.25, 0.3) is 0 Å². The van der Waals surface area contributed by atoms with Crippen molar-refractivity contribution in [1.82, 2.24) is 10.3 Å². The zero-order valence-electron chi connectivity index (χ0n) is 10.4. The van der Waals surface area contributed by atoms with Crippen molar-refractivity contribution in [1.29, 1.82) is 0 Å². The molecule has 0 aliphatic heterocycles. The lowest BCUT2D eigenvalue weighted by Gasteiger charge is -2.10. The van der Waals surface area contributed by atoms with Crippen LogP contribution in [-0.4, -0.2) is 11.5 Å². The smallest absolute Gasteiger partial charge is 0.0968 e. The molecule has 0 aliphatic carbocycles. The second-order valence-electron chi connectivity index (χ2n) is 4.16. The molecule has 0 fully saturated rings. The zero-order valence-corrected chi connectivity index (χ0v) is 11.2. The van der Waals surface area contributed by atoms with E-state index in [2.05, 4.69) is 42.3 Å².